The molecule has 0 saturated heterocycles. The van der Waals surface area contributed by atoms with Crippen molar-refractivity contribution in [1.29, 1.82) is 0 Å². The van der Waals surface area contributed by atoms with Crippen molar-refractivity contribution < 1.29 is 18.0 Å². The third kappa shape index (κ3) is 7.32. The molecule has 0 spiro atoms. The maximum Gasteiger partial charge on any atom is 0.244 e. The van der Waals surface area contributed by atoms with E-state index in [1.54, 1.807) is 6.07 Å². The molecule has 0 aliphatic rings. The van der Waals surface area contributed by atoms with E-state index in [-0.39, 0.29) is 19.0 Å². The Balaban J connectivity index is 2.47. The summed E-state index contributed by atoms with van der Waals surface area (Å²) >= 11 is 0. The van der Waals surface area contributed by atoms with E-state index in [0.29, 0.717) is 18.7 Å². The number of amides is 2. The molecule has 0 fully saturated rings. The quantitative estimate of drug-likeness (QED) is 0.523. The van der Waals surface area contributed by atoms with Gasteiger partial charge in [-0.3, -0.25) is 13.9 Å². The lowest BCUT2D eigenvalue weighted by Crippen LogP contribution is -2.52. The highest BCUT2D eigenvalue weighted by molar-refractivity contribution is 7.92. The first kappa shape index (κ1) is 27.4. The normalized spacial score (nSPS) is 12.2. The largest absolute Gasteiger partial charge is 0.354 e. The fraction of sp³-hybridized carbons (Fsp3) is 0.462. The molecule has 7 nitrogen and oxygen atoms in total. The second kappa shape index (κ2) is 12.0. The van der Waals surface area contributed by atoms with Gasteiger partial charge >= 0.3 is 0 Å². The van der Waals surface area contributed by atoms with Gasteiger partial charge < -0.3 is 10.2 Å². The van der Waals surface area contributed by atoms with Crippen LogP contribution in [0.25, 0.3) is 0 Å². The molecule has 186 valence electrons. The second-order valence-corrected chi connectivity index (χ2v) is 10.7. The van der Waals surface area contributed by atoms with Crippen LogP contribution in [0.4, 0.5) is 5.69 Å². The smallest absolute Gasteiger partial charge is 0.244 e. The molecule has 0 heterocycles. The molecule has 1 N–H and O–H groups in total. The molecule has 0 aromatic heterocycles. The molecule has 2 aromatic carbocycles. The van der Waals surface area contributed by atoms with Gasteiger partial charge in [0.05, 0.1) is 11.9 Å². The monoisotopic (exact) mass is 487 g/mol. The van der Waals surface area contributed by atoms with E-state index in [9.17, 15) is 18.0 Å². The molecule has 34 heavy (non-hydrogen) atoms. The Labute approximate surface area is 204 Å². The Bertz CT molecular complexity index is 1110. The second-order valence-electron chi connectivity index (χ2n) is 8.79. The van der Waals surface area contributed by atoms with Crippen LogP contribution in [0, 0.1) is 20.8 Å². The fourth-order valence-electron chi connectivity index (χ4n) is 3.88. The minimum absolute atomic E-state index is 0.211. The van der Waals surface area contributed by atoms with Crippen molar-refractivity contribution in [2.75, 3.05) is 23.7 Å². The summed E-state index contributed by atoms with van der Waals surface area (Å²) in [6.07, 6.45) is 2.29. The van der Waals surface area contributed by atoms with Crippen molar-refractivity contribution in [3.05, 3.63) is 64.7 Å². The molecular formula is C26H37N3O4S. The Kier molecular flexibility index (Phi) is 9.67. The summed E-state index contributed by atoms with van der Waals surface area (Å²) in [5.41, 5.74) is 4.04. The number of rotatable bonds is 11. The highest BCUT2D eigenvalue weighted by Crippen LogP contribution is 2.25. The van der Waals surface area contributed by atoms with E-state index in [0.717, 1.165) is 39.2 Å². The van der Waals surface area contributed by atoms with E-state index >= 15 is 0 Å². The van der Waals surface area contributed by atoms with Crippen LogP contribution in [0.3, 0.4) is 0 Å². The van der Waals surface area contributed by atoms with Crippen LogP contribution in [0.5, 0.6) is 0 Å². The van der Waals surface area contributed by atoms with Crippen LogP contribution < -0.4 is 9.62 Å². The summed E-state index contributed by atoms with van der Waals surface area (Å²) in [6, 6.07) is 12.5. The summed E-state index contributed by atoms with van der Waals surface area (Å²) < 4.78 is 26.6. The van der Waals surface area contributed by atoms with Gasteiger partial charge in [-0.1, -0.05) is 55.8 Å². The lowest BCUT2D eigenvalue weighted by molar-refractivity contribution is -0.140. The van der Waals surface area contributed by atoms with Gasteiger partial charge in [0, 0.05) is 13.1 Å². The fourth-order valence-corrected chi connectivity index (χ4v) is 4.77. The van der Waals surface area contributed by atoms with Gasteiger partial charge in [-0.05, 0) is 56.4 Å². The van der Waals surface area contributed by atoms with Gasteiger partial charge in [0.2, 0.25) is 21.8 Å². The number of nitrogens with one attached hydrogen (secondary N) is 1. The van der Waals surface area contributed by atoms with Gasteiger partial charge in [0.15, 0.2) is 0 Å². The third-order valence-corrected chi connectivity index (χ3v) is 6.81. The van der Waals surface area contributed by atoms with Crippen molar-refractivity contribution in [2.24, 2.45) is 0 Å². The molecule has 2 amide bonds. The third-order valence-electron chi connectivity index (χ3n) is 5.68. The summed E-state index contributed by atoms with van der Waals surface area (Å²) in [4.78, 5) is 28.1. The molecule has 0 saturated carbocycles. The molecule has 0 radical (unpaired) electrons. The number of carbonyl (C=O) groups is 2. The average Bonchev–Trinajstić information content (AvgIpc) is 2.76. The number of hydrogen-bond acceptors (Lipinski definition) is 4. The van der Waals surface area contributed by atoms with Crippen molar-refractivity contribution in [2.45, 2.75) is 60.0 Å². The Morgan fingerprint density at radius 1 is 1.00 bits per heavy atom. The number of carbonyl (C=O) groups excluding carboxylic acids is 2. The van der Waals surface area contributed by atoms with Crippen molar-refractivity contribution in [3.63, 3.8) is 0 Å². The van der Waals surface area contributed by atoms with Crippen molar-refractivity contribution in [3.8, 4) is 0 Å². The van der Waals surface area contributed by atoms with Crippen LogP contribution in [0.1, 0.15) is 48.9 Å². The molecule has 8 heteroatoms. The number of hydrogen-bond donors (Lipinski definition) is 1. The lowest BCUT2D eigenvalue weighted by Gasteiger charge is -2.33. The number of aryl methyl sites for hydroxylation is 3. The van der Waals surface area contributed by atoms with E-state index in [4.69, 9.17) is 0 Å². The highest BCUT2D eigenvalue weighted by atomic mass is 32.2. The summed E-state index contributed by atoms with van der Waals surface area (Å²) in [7, 11) is -3.75. The zero-order valence-electron chi connectivity index (χ0n) is 21.1. The summed E-state index contributed by atoms with van der Waals surface area (Å²) in [5, 5.41) is 2.88. The molecule has 2 rings (SSSR count). The van der Waals surface area contributed by atoms with Gasteiger partial charge in [-0.15, -0.1) is 0 Å². The standard InChI is InChI=1S/C26H37N3O4S/c1-7-14-27-26(31)23(8-2)28(17-22-11-9-10-19(3)15-22)25(30)18-29(34(6,32)33)24-16-20(4)12-13-21(24)5/h9-13,15-16,23H,7-8,14,17-18H2,1-6H3,(H,27,31)/t23-/m0/s1. The maximum atomic E-state index is 13.7. The van der Waals surface area contributed by atoms with Crippen molar-refractivity contribution >= 4 is 27.5 Å². The highest BCUT2D eigenvalue weighted by Gasteiger charge is 2.32. The number of sulfonamides is 1. The van der Waals surface area contributed by atoms with E-state index in [1.165, 1.54) is 4.90 Å². The molecule has 1 atom stereocenters. The molecule has 0 aliphatic heterocycles. The molecule has 0 aliphatic carbocycles. The summed E-state index contributed by atoms with van der Waals surface area (Å²) in [5.74, 6) is -0.658. The van der Waals surface area contributed by atoms with Crippen LogP contribution in [-0.2, 0) is 26.2 Å². The van der Waals surface area contributed by atoms with Gasteiger partial charge in [-0.25, -0.2) is 8.42 Å². The molecular weight excluding hydrogens is 450 g/mol. The zero-order valence-corrected chi connectivity index (χ0v) is 21.9. The molecule has 0 unspecified atom stereocenters. The molecule has 0 bridgehead atoms. The van der Waals surface area contributed by atoms with Crippen LogP contribution in [-0.4, -0.2) is 50.5 Å². The summed E-state index contributed by atoms with van der Waals surface area (Å²) in [6.45, 7) is 9.81. The average molecular weight is 488 g/mol. The first-order chi connectivity index (χ1) is 16.0. The first-order valence-corrected chi connectivity index (χ1v) is 13.5. The number of anilines is 1. The van der Waals surface area contributed by atoms with Crippen molar-refractivity contribution in [1.82, 2.24) is 10.2 Å². The van der Waals surface area contributed by atoms with Crippen LogP contribution in [0.15, 0.2) is 42.5 Å². The minimum Gasteiger partial charge on any atom is -0.354 e. The van der Waals surface area contributed by atoms with Gasteiger partial charge in [-0.2, -0.15) is 0 Å². The number of benzene rings is 2. The van der Waals surface area contributed by atoms with E-state index in [2.05, 4.69) is 5.32 Å². The van der Waals surface area contributed by atoms with E-state index < -0.39 is 22.0 Å². The predicted molar refractivity (Wildman–Crippen MR) is 137 cm³/mol. The minimum atomic E-state index is -3.75. The Morgan fingerprint density at radius 3 is 2.26 bits per heavy atom. The predicted octanol–water partition coefficient (Wildman–Crippen LogP) is 3.71. The lowest BCUT2D eigenvalue weighted by atomic mass is 10.1. The SMILES string of the molecule is CCCNC(=O)[C@H](CC)N(Cc1cccc(C)c1)C(=O)CN(c1cc(C)ccc1C)S(C)(=O)=O. The number of nitrogens with zero attached hydrogens (tertiary/aromatic N) is 2. The topological polar surface area (TPSA) is 86.8 Å². The van der Waals surface area contributed by atoms with Gasteiger partial charge in [0.25, 0.3) is 0 Å². The van der Waals surface area contributed by atoms with Crippen LogP contribution >= 0.6 is 0 Å². The Hall–Kier alpha value is -2.87. The van der Waals surface area contributed by atoms with E-state index in [1.807, 2.05) is 71.0 Å². The van der Waals surface area contributed by atoms with Crippen LogP contribution in [0.2, 0.25) is 0 Å². The van der Waals surface area contributed by atoms with Gasteiger partial charge in [0.1, 0.15) is 12.6 Å². The molecule has 2 aromatic rings. The zero-order chi connectivity index (χ0) is 25.5. The first-order valence-electron chi connectivity index (χ1n) is 11.7. The maximum absolute atomic E-state index is 13.7. The Morgan fingerprint density at radius 2 is 1.68 bits per heavy atom.